The van der Waals surface area contributed by atoms with Crippen molar-refractivity contribution in [2.24, 2.45) is 11.7 Å². The highest BCUT2D eigenvalue weighted by molar-refractivity contribution is 6.36. The van der Waals surface area contributed by atoms with Crippen LogP contribution in [0.5, 0.6) is 0 Å². The molecule has 0 saturated carbocycles. The van der Waals surface area contributed by atoms with E-state index in [9.17, 15) is 4.79 Å². The average Bonchev–Trinajstić information content (AvgIpc) is 2.46. The molecule has 2 rings (SSSR count). The van der Waals surface area contributed by atoms with Gasteiger partial charge in [-0.3, -0.25) is 4.79 Å². The molecule has 0 spiro atoms. The van der Waals surface area contributed by atoms with Crippen LogP contribution in [-0.4, -0.2) is 48.5 Å². The Morgan fingerprint density at radius 3 is 2.60 bits per heavy atom. The molecule has 20 heavy (non-hydrogen) atoms. The number of rotatable bonds is 3. The molecule has 5 nitrogen and oxygen atoms in total. The maximum Gasteiger partial charge on any atom is 0.226 e. The van der Waals surface area contributed by atoms with Gasteiger partial charge >= 0.3 is 0 Å². The minimum atomic E-state index is -0.126. The van der Waals surface area contributed by atoms with E-state index in [4.69, 9.17) is 28.9 Å². The second-order valence-electron chi connectivity index (χ2n) is 4.91. The topological polar surface area (TPSA) is 62.5 Å². The Hall–Kier alpha value is -1.04. The van der Waals surface area contributed by atoms with E-state index in [1.165, 1.54) is 0 Å². The Kier molecular flexibility index (Phi) is 5.07. The lowest BCUT2D eigenvalue weighted by molar-refractivity contribution is -0.134. The van der Waals surface area contributed by atoms with Gasteiger partial charge in [0.25, 0.3) is 0 Å². The third kappa shape index (κ3) is 3.34. The van der Waals surface area contributed by atoms with Gasteiger partial charge in [0.05, 0.1) is 10.0 Å². The molecule has 1 amide bonds. The van der Waals surface area contributed by atoms with Crippen LogP contribution in [0.2, 0.25) is 10.0 Å². The lowest BCUT2D eigenvalue weighted by atomic mass is 10.1. The first-order valence-electron chi connectivity index (χ1n) is 6.57. The number of hydrogen-bond donors (Lipinski definition) is 1. The van der Waals surface area contributed by atoms with Crippen LogP contribution >= 0.6 is 23.2 Å². The summed E-state index contributed by atoms with van der Waals surface area (Å²) in [6.07, 6.45) is 1.58. The van der Waals surface area contributed by atoms with Gasteiger partial charge in [0, 0.05) is 44.8 Å². The summed E-state index contributed by atoms with van der Waals surface area (Å²) in [4.78, 5) is 20.2. The molecule has 1 unspecified atom stereocenters. The highest BCUT2D eigenvalue weighted by atomic mass is 35.5. The second kappa shape index (κ2) is 6.61. The van der Waals surface area contributed by atoms with Crippen LogP contribution < -0.4 is 10.6 Å². The molecule has 1 saturated heterocycles. The Morgan fingerprint density at radius 2 is 2.05 bits per heavy atom. The zero-order chi connectivity index (χ0) is 14.7. The number of pyridine rings is 1. The fraction of sp³-hybridized carbons (Fsp3) is 0.538. The summed E-state index contributed by atoms with van der Waals surface area (Å²) in [6.45, 7) is 4.96. The smallest absolute Gasteiger partial charge is 0.226 e. The fourth-order valence-electron chi connectivity index (χ4n) is 2.19. The molecule has 1 aromatic heterocycles. The molecule has 1 fully saturated rings. The Balaban J connectivity index is 1.99. The van der Waals surface area contributed by atoms with E-state index in [2.05, 4.69) is 9.88 Å². The lowest BCUT2D eigenvalue weighted by Crippen LogP contribution is -2.51. The molecule has 1 atom stereocenters. The van der Waals surface area contributed by atoms with Crippen molar-refractivity contribution in [2.45, 2.75) is 6.92 Å². The van der Waals surface area contributed by atoms with Gasteiger partial charge in [-0.15, -0.1) is 0 Å². The molecule has 0 aliphatic carbocycles. The number of amides is 1. The third-order valence-corrected chi connectivity index (χ3v) is 3.94. The number of halogens is 2. The van der Waals surface area contributed by atoms with E-state index in [1.54, 1.807) is 12.3 Å². The van der Waals surface area contributed by atoms with Gasteiger partial charge < -0.3 is 15.5 Å². The first kappa shape index (κ1) is 15.4. The number of nitrogens with two attached hydrogens (primary N) is 1. The summed E-state index contributed by atoms with van der Waals surface area (Å²) in [6, 6.07) is 1.68. The fourth-order valence-corrected chi connectivity index (χ4v) is 2.69. The molecule has 0 aromatic carbocycles. The normalized spacial score (nSPS) is 17.2. The number of hydrogen-bond acceptors (Lipinski definition) is 4. The molecule has 2 heterocycles. The van der Waals surface area contributed by atoms with Crippen molar-refractivity contribution in [3.63, 3.8) is 0 Å². The Morgan fingerprint density at radius 1 is 1.40 bits per heavy atom. The van der Waals surface area contributed by atoms with Gasteiger partial charge in [-0.05, 0) is 6.07 Å². The van der Waals surface area contributed by atoms with Gasteiger partial charge in [-0.1, -0.05) is 30.1 Å². The standard InChI is InChI=1S/C13H18Cl2N4O/c1-9(7-16)13(20)19-4-2-18(3-5-19)12-11(15)6-10(14)8-17-12/h6,8-9H,2-5,7,16H2,1H3. The molecular formula is C13H18Cl2N4O. The zero-order valence-corrected chi connectivity index (χ0v) is 12.9. The van der Waals surface area contributed by atoms with Crippen molar-refractivity contribution in [3.8, 4) is 0 Å². The summed E-state index contributed by atoms with van der Waals surface area (Å²) in [5.41, 5.74) is 5.53. The maximum atomic E-state index is 12.1. The van der Waals surface area contributed by atoms with Crippen LogP contribution in [0.4, 0.5) is 5.82 Å². The molecule has 0 bridgehead atoms. The summed E-state index contributed by atoms with van der Waals surface area (Å²) < 4.78 is 0. The van der Waals surface area contributed by atoms with Gasteiger partial charge in [0.2, 0.25) is 5.91 Å². The summed E-state index contributed by atoms with van der Waals surface area (Å²) >= 11 is 12.0. The largest absolute Gasteiger partial charge is 0.352 e. The summed E-state index contributed by atoms with van der Waals surface area (Å²) in [5, 5.41) is 1.05. The lowest BCUT2D eigenvalue weighted by Gasteiger charge is -2.36. The molecule has 2 N–H and O–H groups in total. The molecule has 1 aliphatic rings. The third-order valence-electron chi connectivity index (χ3n) is 3.45. The SMILES string of the molecule is CC(CN)C(=O)N1CCN(c2ncc(Cl)cc2Cl)CC1. The second-order valence-corrected chi connectivity index (χ2v) is 5.75. The van der Waals surface area contributed by atoms with Crippen molar-refractivity contribution in [3.05, 3.63) is 22.3 Å². The minimum absolute atomic E-state index is 0.113. The van der Waals surface area contributed by atoms with Crippen LogP contribution in [-0.2, 0) is 4.79 Å². The molecular weight excluding hydrogens is 299 g/mol. The highest BCUT2D eigenvalue weighted by Gasteiger charge is 2.25. The van der Waals surface area contributed by atoms with Crippen LogP contribution in [0.1, 0.15) is 6.92 Å². The number of piperazine rings is 1. The maximum absolute atomic E-state index is 12.1. The summed E-state index contributed by atoms with van der Waals surface area (Å²) in [5.74, 6) is 0.705. The molecule has 1 aliphatic heterocycles. The molecule has 0 radical (unpaired) electrons. The predicted octanol–water partition coefficient (Wildman–Crippen LogP) is 1.63. The van der Waals surface area contributed by atoms with E-state index < -0.39 is 0 Å². The number of nitrogens with zero attached hydrogens (tertiary/aromatic N) is 3. The molecule has 110 valence electrons. The van der Waals surface area contributed by atoms with Crippen molar-refractivity contribution < 1.29 is 4.79 Å². The van der Waals surface area contributed by atoms with Crippen molar-refractivity contribution in [2.75, 3.05) is 37.6 Å². The van der Waals surface area contributed by atoms with E-state index >= 15 is 0 Å². The van der Waals surface area contributed by atoms with Crippen LogP contribution in [0.15, 0.2) is 12.3 Å². The zero-order valence-electron chi connectivity index (χ0n) is 11.4. The van der Waals surface area contributed by atoms with E-state index in [0.717, 1.165) is 5.82 Å². The molecule has 7 heteroatoms. The predicted molar refractivity (Wildman–Crippen MR) is 81.3 cm³/mol. The van der Waals surface area contributed by atoms with Gasteiger partial charge in [0.1, 0.15) is 5.82 Å². The van der Waals surface area contributed by atoms with Gasteiger partial charge in [-0.25, -0.2) is 4.98 Å². The number of aromatic nitrogens is 1. The number of anilines is 1. The average molecular weight is 317 g/mol. The van der Waals surface area contributed by atoms with Gasteiger partial charge in [-0.2, -0.15) is 0 Å². The minimum Gasteiger partial charge on any atom is -0.352 e. The van der Waals surface area contributed by atoms with Crippen molar-refractivity contribution >= 4 is 34.9 Å². The van der Waals surface area contributed by atoms with Gasteiger partial charge in [0.15, 0.2) is 0 Å². The van der Waals surface area contributed by atoms with E-state index in [0.29, 0.717) is 42.8 Å². The summed E-state index contributed by atoms with van der Waals surface area (Å²) in [7, 11) is 0. The number of carbonyl (C=O) groups excluding carboxylic acids is 1. The monoisotopic (exact) mass is 316 g/mol. The quantitative estimate of drug-likeness (QED) is 0.920. The van der Waals surface area contributed by atoms with Crippen molar-refractivity contribution in [1.29, 1.82) is 0 Å². The Labute approximate surface area is 128 Å². The first-order valence-corrected chi connectivity index (χ1v) is 7.33. The van der Waals surface area contributed by atoms with Crippen molar-refractivity contribution in [1.82, 2.24) is 9.88 Å². The van der Waals surface area contributed by atoms with Crippen LogP contribution in [0.3, 0.4) is 0 Å². The van der Waals surface area contributed by atoms with E-state index in [-0.39, 0.29) is 11.8 Å². The Bertz CT molecular complexity index is 489. The highest BCUT2D eigenvalue weighted by Crippen LogP contribution is 2.26. The van der Waals surface area contributed by atoms with E-state index in [1.807, 2.05) is 11.8 Å². The van der Waals surface area contributed by atoms with Crippen LogP contribution in [0, 0.1) is 5.92 Å². The van der Waals surface area contributed by atoms with Crippen LogP contribution in [0.25, 0.3) is 0 Å². The first-order chi connectivity index (χ1) is 9.52. The molecule has 1 aromatic rings. The number of carbonyl (C=O) groups is 1.